The zero-order valence-electron chi connectivity index (χ0n) is 17.1. The third-order valence-electron chi connectivity index (χ3n) is 5.21. The van der Waals surface area contributed by atoms with E-state index < -0.39 is 15.8 Å². The van der Waals surface area contributed by atoms with Gasteiger partial charge in [-0.25, -0.2) is 8.42 Å². The van der Waals surface area contributed by atoms with Crippen LogP contribution in [-0.4, -0.2) is 41.3 Å². The van der Waals surface area contributed by atoms with Crippen LogP contribution in [0.1, 0.15) is 29.9 Å². The van der Waals surface area contributed by atoms with E-state index in [0.717, 1.165) is 24.2 Å². The molecule has 1 aliphatic rings. The Hall–Kier alpha value is -3.25. The van der Waals surface area contributed by atoms with Gasteiger partial charge in [-0.1, -0.05) is 10.7 Å². The summed E-state index contributed by atoms with van der Waals surface area (Å²) in [5.41, 5.74) is 1.08. The number of phenols is 1. The smallest absolute Gasteiger partial charge is 0.370 e. The molecule has 0 atom stereocenters. The molecule has 166 valence electrons. The molecule has 12 heteroatoms. The van der Waals surface area contributed by atoms with Gasteiger partial charge < -0.3 is 20.0 Å². The minimum absolute atomic E-state index is 0.0222. The lowest BCUT2D eigenvalue weighted by molar-refractivity contribution is -1.03. The van der Waals surface area contributed by atoms with Gasteiger partial charge in [0.1, 0.15) is 32.2 Å². The van der Waals surface area contributed by atoms with E-state index in [1.807, 2.05) is 19.9 Å². The highest BCUT2D eigenvalue weighted by Gasteiger charge is 2.32. The zero-order chi connectivity index (χ0) is 22.2. The summed E-state index contributed by atoms with van der Waals surface area (Å²) in [6.45, 7) is 4.89. The van der Waals surface area contributed by atoms with Gasteiger partial charge in [0.15, 0.2) is 5.75 Å². The van der Waals surface area contributed by atoms with Crippen molar-refractivity contribution >= 4 is 27.3 Å². The van der Waals surface area contributed by atoms with Crippen LogP contribution in [0.4, 0.5) is 17.3 Å². The first-order chi connectivity index (χ1) is 14.8. The largest absolute Gasteiger partial charge is 0.503 e. The SMILES string of the molecule is Cc1cc(CNc2no[n+](O)c2Nc2cccc(S(=O)(=O)N3CCCC3)c2O)oc1C. The van der Waals surface area contributed by atoms with E-state index in [9.17, 15) is 18.7 Å². The second-order valence-electron chi connectivity index (χ2n) is 7.34. The Morgan fingerprint density at radius 1 is 1.26 bits per heavy atom. The van der Waals surface area contributed by atoms with Gasteiger partial charge in [-0.05, 0) is 50.5 Å². The topological polar surface area (TPSA) is 145 Å². The fraction of sp³-hybridized carbons (Fsp3) is 0.368. The number of benzene rings is 1. The van der Waals surface area contributed by atoms with Gasteiger partial charge in [0.05, 0.1) is 6.54 Å². The summed E-state index contributed by atoms with van der Waals surface area (Å²) in [7, 11) is -3.83. The van der Waals surface area contributed by atoms with Crippen LogP contribution in [0.2, 0.25) is 0 Å². The molecule has 4 N–H and O–H groups in total. The molecule has 3 aromatic rings. The van der Waals surface area contributed by atoms with E-state index in [-0.39, 0.29) is 28.8 Å². The highest BCUT2D eigenvalue weighted by molar-refractivity contribution is 7.89. The van der Waals surface area contributed by atoms with Crippen molar-refractivity contribution in [1.29, 1.82) is 0 Å². The average Bonchev–Trinajstić information content (AvgIpc) is 3.45. The van der Waals surface area contributed by atoms with Crippen molar-refractivity contribution in [1.82, 2.24) is 9.46 Å². The molecule has 31 heavy (non-hydrogen) atoms. The van der Waals surface area contributed by atoms with Crippen LogP contribution >= 0.6 is 0 Å². The average molecular weight is 450 g/mol. The van der Waals surface area contributed by atoms with Crippen LogP contribution in [0.15, 0.2) is 38.2 Å². The Kier molecular flexibility index (Phi) is 5.50. The Labute approximate surface area is 178 Å². The second kappa shape index (κ2) is 8.12. The van der Waals surface area contributed by atoms with E-state index in [1.165, 1.54) is 22.5 Å². The number of furan rings is 1. The van der Waals surface area contributed by atoms with Crippen LogP contribution < -0.4 is 15.5 Å². The highest BCUT2D eigenvalue weighted by Crippen LogP contribution is 2.36. The third-order valence-corrected chi connectivity index (χ3v) is 7.14. The summed E-state index contributed by atoms with van der Waals surface area (Å²) < 4.78 is 37.4. The molecule has 0 unspecified atom stereocenters. The number of hydrogen-bond donors (Lipinski definition) is 4. The number of rotatable bonds is 7. The maximum atomic E-state index is 12.9. The summed E-state index contributed by atoms with van der Waals surface area (Å²) in [6.07, 6.45) is 1.57. The highest BCUT2D eigenvalue weighted by atomic mass is 32.2. The fourth-order valence-corrected chi connectivity index (χ4v) is 5.03. The minimum atomic E-state index is -3.83. The molecular formula is C19H24N5O6S+. The Morgan fingerprint density at radius 2 is 2.00 bits per heavy atom. The van der Waals surface area contributed by atoms with Crippen molar-refractivity contribution in [2.75, 3.05) is 23.7 Å². The van der Waals surface area contributed by atoms with Crippen molar-refractivity contribution in [2.24, 2.45) is 0 Å². The maximum absolute atomic E-state index is 12.9. The van der Waals surface area contributed by atoms with Crippen molar-refractivity contribution in [3.05, 3.63) is 41.3 Å². The number of nitrogens with one attached hydrogen (secondary N) is 2. The van der Waals surface area contributed by atoms with E-state index in [2.05, 4.69) is 15.8 Å². The molecular weight excluding hydrogens is 426 g/mol. The molecule has 1 fully saturated rings. The second-order valence-corrected chi connectivity index (χ2v) is 9.24. The maximum Gasteiger partial charge on any atom is 0.370 e. The lowest BCUT2D eigenvalue weighted by Gasteiger charge is -2.17. The predicted molar refractivity (Wildman–Crippen MR) is 109 cm³/mol. The van der Waals surface area contributed by atoms with Crippen molar-refractivity contribution in [2.45, 2.75) is 38.1 Å². The molecule has 0 amide bonds. The van der Waals surface area contributed by atoms with Gasteiger partial charge >= 0.3 is 11.6 Å². The van der Waals surface area contributed by atoms with Crippen LogP contribution in [0.5, 0.6) is 5.75 Å². The summed E-state index contributed by atoms with van der Waals surface area (Å²) in [5.74, 6) is 1.12. The number of aromatic nitrogens is 2. The van der Waals surface area contributed by atoms with Crippen LogP contribution in [0.3, 0.4) is 0 Å². The number of para-hydroxylation sites is 1. The van der Waals surface area contributed by atoms with Gasteiger partial charge in [-0.2, -0.15) is 4.31 Å². The van der Waals surface area contributed by atoms with Gasteiger partial charge in [0.2, 0.25) is 10.0 Å². The van der Waals surface area contributed by atoms with Crippen molar-refractivity contribution in [3.8, 4) is 5.75 Å². The first kappa shape index (κ1) is 21.0. The Morgan fingerprint density at radius 3 is 2.68 bits per heavy atom. The van der Waals surface area contributed by atoms with Crippen molar-refractivity contribution < 1.29 is 32.7 Å². The molecule has 3 heterocycles. The number of anilines is 3. The molecule has 1 aliphatic heterocycles. The lowest BCUT2D eigenvalue weighted by Crippen LogP contribution is -2.30. The fourth-order valence-electron chi connectivity index (χ4n) is 3.41. The lowest BCUT2D eigenvalue weighted by atomic mass is 10.3. The summed E-state index contributed by atoms with van der Waals surface area (Å²) in [5, 5.41) is 30.1. The number of sulfonamides is 1. The summed E-state index contributed by atoms with van der Waals surface area (Å²) in [6, 6.07) is 6.20. The third kappa shape index (κ3) is 4.03. The van der Waals surface area contributed by atoms with E-state index in [4.69, 9.17) is 9.05 Å². The zero-order valence-corrected chi connectivity index (χ0v) is 17.9. The molecule has 0 spiro atoms. The van der Waals surface area contributed by atoms with Crippen LogP contribution in [-0.2, 0) is 16.6 Å². The Balaban J connectivity index is 1.58. The number of aryl methyl sites for hydroxylation is 2. The molecule has 0 bridgehead atoms. The van der Waals surface area contributed by atoms with E-state index >= 15 is 0 Å². The predicted octanol–water partition coefficient (Wildman–Crippen LogP) is 2.26. The molecule has 0 saturated carbocycles. The van der Waals surface area contributed by atoms with E-state index in [1.54, 1.807) is 0 Å². The monoisotopic (exact) mass is 450 g/mol. The normalized spacial score (nSPS) is 14.8. The molecule has 0 aliphatic carbocycles. The summed E-state index contributed by atoms with van der Waals surface area (Å²) in [4.78, 5) is 0.165. The number of hydrogen-bond acceptors (Lipinski definition) is 9. The molecule has 4 rings (SSSR count). The standard InChI is InChI=1S/C19H23N5O6S/c1-12-10-14(29-13(12)2)11-20-18-19(24(26)30-22-18)21-15-6-5-7-16(17(15)25)31(27,28)23-8-3-4-9-23/h5-7,10,26H,3-4,8-9,11H2,1-2H3,(H2,20,22,25)/p+1. The molecule has 2 aromatic heterocycles. The minimum Gasteiger partial charge on any atom is -0.503 e. The Bertz CT molecular complexity index is 1180. The van der Waals surface area contributed by atoms with E-state index in [0.29, 0.717) is 23.8 Å². The molecule has 1 aromatic carbocycles. The molecule has 0 radical (unpaired) electrons. The number of nitrogens with zero attached hydrogens (tertiary/aromatic N) is 3. The van der Waals surface area contributed by atoms with Gasteiger partial charge in [-0.3, -0.25) is 5.32 Å². The quantitative estimate of drug-likeness (QED) is 0.314. The molecule has 1 saturated heterocycles. The summed E-state index contributed by atoms with van der Waals surface area (Å²) >= 11 is 0. The van der Waals surface area contributed by atoms with Crippen molar-refractivity contribution in [3.63, 3.8) is 0 Å². The van der Waals surface area contributed by atoms with Gasteiger partial charge in [0.25, 0.3) is 0 Å². The van der Waals surface area contributed by atoms with Crippen LogP contribution in [0, 0.1) is 13.8 Å². The van der Waals surface area contributed by atoms with Gasteiger partial charge in [-0.15, -0.1) is 0 Å². The van der Waals surface area contributed by atoms with Gasteiger partial charge in [0, 0.05) is 13.1 Å². The number of aromatic hydroxyl groups is 1. The van der Waals surface area contributed by atoms with Crippen LogP contribution in [0.25, 0.3) is 0 Å². The first-order valence-corrected chi connectivity index (χ1v) is 11.2. The molecule has 11 nitrogen and oxygen atoms in total. The first-order valence-electron chi connectivity index (χ1n) is 9.78. The number of phenolic OH excluding ortho intramolecular Hbond substituents is 1.